The zero-order valence-corrected chi connectivity index (χ0v) is 16.2. The van der Waals surface area contributed by atoms with E-state index in [1.165, 1.54) is 16.7 Å². The predicted molar refractivity (Wildman–Crippen MR) is 106 cm³/mol. The first-order valence-corrected chi connectivity index (χ1v) is 9.37. The molecule has 140 valence electrons. The van der Waals surface area contributed by atoms with Crippen molar-refractivity contribution < 1.29 is 9.47 Å². The molecule has 1 saturated heterocycles. The Bertz CT molecular complexity index is 871. The molecule has 1 aliphatic rings. The summed E-state index contributed by atoms with van der Waals surface area (Å²) in [6, 6.07) is 17.1. The summed E-state index contributed by atoms with van der Waals surface area (Å²) in [6.07, 6.45) is 5.52. The lowest BCUT2D eigenvalue weighted by atomic mass is 9.92. The monoisotopic (exact) mass is 362 g/mol. The first-order valence-electron chi connectivity index (χ1n) is 9.37. The molecule has 4 rings (SSSR count). The van der Waals surface area contributed by atoms with Crippen LogP contribution in [0.15, 0.2) is 67.3 Å². The molecule has 1 aromatic heterocycles. The van der Waals surface area contributed by atoms with Gasteiger partial charge in [-0.15, -0.1) is 0 Å². The second-order valence-electron chi connectivity index (χ2n) is 8.17. The van der Waals surface area contributed by atoms with Crippen molar-refractivity contribution in [2.45, 2.75) is 33.1 Å². The van der Waals surface area contributed by atoms with Crippen molar-refractivity contribution in [3.05, 3.63) is 78.4 Å². The zero-order chi connectivity index (χ0) is 18.9. The lowest BCUT2D eigenvalue weighted by Crippen LogP contribution is -2.47. The highest BCUT2D eigenvalue weighted by Crippen LogP contribution is 2.38. The molecular weight excluding hydrogens is 336 g/mol. The van der Waals surface area contributed by atoms with E-state index in [4.69, 9.17) is 9.47 Å². The van der Waals surface area contributed by atoms with E-state index >= 15 is 0 Å². The molecule has 0 radical (unpaired) electrons. The van der Waals surface area contributed by atoms with Crippen LogP contribution >= 0.6 is 0 Å². The molecule has 4 nitrogen and oxygen atoms in total. The second kappa shape index (κ2) is 6.95. The van der Waals surface area contributed by atoms with Crippen molar-refractivity contribution >= 4 is 0 Å². The van der Waals surface area contributed by atoms with E-state index in [0.29, 0.717) is 19.8 Å². The fourth-order valence-corrected chi connectivity index (χ4v) is 3.34. The van der Waals surface area contributed by atoms with Crippen LogP contribution in [-0.4, -0.2) is 22.8 Å². The van der Waals surface area contributed by atoms with Gasteiger partial charge >= 0.3 is 0 Å². The Morgan fingerprint density at radius 3 is 2.07 bits per heavy atom. The van der Waals surface area contributed by atoms with Crippen LogP contribution in [-0.2, 0) is 21.8 Å². The molecule has 0 spiro atoms. The molecule has 0 saturated carbocycles. The third-order valence-corrected chi connectivity index (χ3v) is 5.05. The number of aryl methyl sites for hydroxylation is 1. The van der Waals surface area contributed by atoms with Gasteiger partial charge in [-0.3, -0.25) is 0 Å². The fourth-order valence-electron chi connectivity index (χ4n) is 3.34. The first kappa shape index (κ1) is 18.0. The van der Waals surface area contributed by atoms with Gasteiger partial charge in [0.1, 0.15) is 0 Å². The lowest BCUT2D eigenvalue weighted by molar-refractivity contribution is -0.314. The zero-order valence-electron chi connectivity index (χ0n) is 16.2. The van der Waals surface area contributed by atoms with Crippen LogP contribution < -0.4 is 0 Å². The number of ether oxygens (including phenoxy) is 2. The van der Waals surface area contributed by atoms with Gasteiger partial charge in [-0.25, -0.2) is 4.98 Å². The van der Waals surface area contributed by atoms with Crippen LogP contribution in [0.5, 0.6) is 0 Å². The Balaban J connectivity index is 1.64. The van der Waals surface area contributed by atoms with Gasteiger partial charge in [0.2, 0.25) is 5.79 Å². The SMILES string of the molecule is Cc1ccc(-c2ccc(C3(Cn4ccnc4)OCC(C)(C)CO3)cc2)cc1. The molecule has 2 aromatic carbocycles. The number of benzene rings is 2. The molecule has 2 heterocycles. The van der Waals surface area contributed by atoms with Gasteiger partial charge < -0.3 is 14.0 Å². The van der Waals surface area contributed by atoms with Crippen LogP contribution in [0.4, 0.5) is 0 Å². The van der Waals surface area contributed by atoms with Gasteiger partial charge in [0, 0.05) is 23.4 Å². The topological polar surface area (TPSA) is 36.3 Å². The Hall–Kier alpha value is -2.43. The molecule has 0 N–H and O–H groups in total. The summed E-state index contributed by atoms with van der Waals surface area (Å²) in [5.41, 5.74) is 4.71. The number of aromatic nitrogens is 2. The van der Waals surface area contributed by atoms with Crippen LogP contribution in [0.3, 0.4) is 0 Å². The predicted octanol–water partition coefficient (Wildman–Crippen LogP) is 4.78. The number of nitrogens with zero attached hydrogens (tertiary/aromatic N) is 2. The van der Waals surface area contributed by atoms with Crippen LogP contribution in [0.2, 0.25) is 0 Å². The largest absolute Gasteiger partial charge is 0.344 e. The van der Waals surface area contributed by atoms with Crippen molar-refractivity contribution in [2.24, 2.45) is 5.41 Å². The summed E-state index contributed by atoms with van der Waals surface area (Å²) < 4.78 is 14.7. The van der Waals surface area contributed by atoms with E-state index < -0.39 is 5.79 Å². The summed E-state index contributed by atoms with van der Waals surface area (Å²) >= 11 is 0. The highest BCUT2D eigenvalue weighted by Gasteiger charge is 2.42. The minimum atomic E-state index is -0.790. The summed E-state index contributed by atoms with van der Waals surface area (Å²) in [5.74, 6) is -0.790. The molecule has 1 aliphatic heterocycles. The number of hydrogen-bond acceptors (Lipinski definition) is 3. The molecule has 3 aromatic rings. The van der Waals surface area contributed by atoms with Gasteiger partial charge in [-0.2, -0.15) is 0 Å². The van der Waals surface area contributed by atoms with Crippen molar-refractivity contribution in [3.63, 3.8) is 0 Å². The molecule has 0 bridgehead atoms. The van der Waals surface area contributed by atoms with Crippen molar-refractivity contribution in [1.29, 1.82) is 0 Å². The maximum atomic E-state index is 6.33. The van der Waals surface area contributed by atoms with E-state index in [0.717, 1.165) is 5.56 Å². The number of rotatable bonds is 4. The Morgan fingerprint density at radius 1 is 0.926 bits per heavy atom. The Kier molecular flexibility index (Phi) is 4.62. The molecule has 4 heteroatoms. The average Bonchev–Trinajstić information content (AvgIpc) is 3.17. The van der Waals surface area contributed by atoms with Gasteiger partial charge in [0.15, 0.2) is 0 Å². The molecule has 27 heavy (non-hydrogen) atoms. The standard InChI is InChI=1S/C23H26N2O2/c1-18-4-6-19(7-5-18)20-8-10-21(11-9-20)23(14-25-13-12-24-17-25)26-15-22(2,3)16-27-23/h4-13,17H,14-16H2,1-3H3. The van der Waals surface area contributed by atoms with E-state index in [-0.39, 0.29) is 5.41 Å². The van der Waals surface area contributed by atoms with Gasteiger partial charge in [-0.05, 0) is 18.1 Å². The van der Waals surface area contributed by atoms with Gasteiger partial charge in [0.25, 0.3) is 0 Å². The normalized spacial score (nSPS) is 18.3. The van der Waals surface area contributed by atoms with Crippen LogP contribution in [0.25, 0.3) is 11.1 Å². The molecule has 0 unspecified atom stereocenters. The van der Waals surface area contributed by atoms with E-state index in [2.05, 4.69) is 74.3 Å². The Labute approximate surface area is 160 Å². The maximum absolute atomic E-state index is 6.33. The molecule has 0 atom stereocenters. The quantitative estimate of drug-likeness (QED) is 0.670. The fraction of sp³-hybridized carbons (Fsp3) is 0.348. The third-order valence-electron chi connectivity index (χ3n) is 5.05. The highest BCUT2D eigenvalue weighted by molar-refractivity contribution is 5.64. The summed E-state index contributed by atoms with van der Waals surface area (Å²) in [4.78, 5) is 4.15. The van der Waals surface area contributed by atoms with Crippen LogP contribution in [0.1, 0.15) is 25.0 Å². The van der Waals surface area contributed by atoms with Gasteiger partial charge in [-0.1, -0.05) is 67.9 Å². The maximum Gasteiger partial charge on any atom is 0.213 e. The highest BCUT2D eigenvalue weighted by atomic mass is 16.7. The smallest absolute Gasteiger partial charge is 0.213 e. The van der Waals surface area contributed by atoms with Crippen LogP contribution in [0, 0.1) is 12.3 Å². The molecular formula is C23H26N2O2. The summed E-state index contributed by atoms with van der Waals surface area (Å²) in [6.45, 7) is 8.31. The van der Waals surface area contributed by atoms with Crippen molar-refractivity contribution in [3.8, 4) is 11.1 Å². The second-order valence-corrected chi connectivity index (χ2v) is 8.17. The number of imidazole rings is 1. The molecule has 0 aliphatic carbocycles. The van der Waals surface area contributed by atoms with E-state index in [1.54, 1.807) is 12.5 Å². The average molecular weight is 362 g/mol. The van der Waals surface area contributed by atoms with Crippen molar-refractivity contribution in [2.75, 3.05) is 13.2 Å². The first-order chi connectivity index (χ1) is 13.0. The van der Waals surface area contributed by atoms with E-state index in [9.17, 15) is 0 Å². The summed E-state index contributed by atoms with van der Waals surface area (Å²) in [5, 5.41) is 0. The Morgan fingerprint density at radius 2 is 1.52 bits per heavy atom. The minimum absolute atomic E-state index is 0.0142. The molecule has 0 amide bonds. The molecule has 1 fully saturated rings. The third kappa shape index (κ3) is 3.82. The van der Waals surface area contributed by atoms with Crippen molar-refractivity contribution in [1.82, 2.24) is 9.55 Å². The minimum Gasteiger partial charge on any atom is -0.344 e. The van der Waals surface area contributed by atoms with E-state index in [1.807, 2.05) is 10.8 Å². The summed E-state index contributed by atoms with van der Waals surface area (Å²) in [7, 11) is 0. The lowest BCUT2D eigenvalue weighted by Gasteiger charge is -2.43. The van der Waals surface area contributed by atoms with Gasteiger partial charge in [0.05, 0.1) is 26.1 Å². The number of hydrogen-bond donors (Lipinski definition) is 0.